The predicted octanol–water partition coefficient (Wildman–Crippen LogP) is 0.768. The molecule has 0 bridgehead atoms. The summed E-state index contributed by atoms with van der Waals surface area (Å²) < 4.78 is 0. The van der Waals surface area contributed by atoms with Gasteiger partial charge in [-0.15, -0.1) is 12.4 Å². The lowest BCUT2D eigenvalue weighted by Crippen LogP contribution is -2.35. The van der Waals surface area contributed by atoms with Crippen molar-refractivity contribution in [3.05, 3.63) is 29.8 Å². The fraction of sp³-hybridized carbons (Fsp3) is 0.300. The number of carbonyl (C=O) groups excluding carboxylic acids is 1. The van der Waals surface area contributed by atoms with Crippen molar-refractivity contribution in [1.82, 2.24) is 5.32 Å². The Balaban J connectivity index is 0.00000196. The Morgan fingerprint density at radius 2 is 1.93 bits per heavy atom. The van der Waals surface area contributed by atoms with Gasteiger partial charge in [-0.1, -0.05) is 0 Å². The molecule has 0 aliphatic heterocycles. The number of hydrogen-bond acceptors (Lipinski definition) is 3. The summed E-state index contributed by atoms with van der Waals surface area (Å²) in [4.78, 5) is 11.5. The van der Waals surface area contributed by atoms with E-state index in [4.69, 9.17) is 11.5 Å². The van der Waals surface area contributed by atoms with Crippen molar-refractivity contribution >= 4 is 24.0 Å². The fourth-order valence-electron chi connectivity index (χ4n) is 0.990. The van der Waals surface area contributed by atoms with E-state index in [2.05, 4.69) is 5.32 Å². The highest BCUT2D eigenvalue weighted by Gasteiger charge is 2.04. The molecule has 84 valence electrons. The van der Waals surface area contributed by atoms with Gasteiger partial charge in [0.25, 0.3) is 5.91 Å². The highest BCUT2D eigenvalue weighted by atomic mass is 35.5. The number of nitrogens with one attached hydrogen (secondary N) is 1. The first kappa shape index (κ1) is 13.7. The molecule has 0 saturated carbocycles. The first-order valence-electron chi connectivity index (χ1n) is 4.49. The van der Waals surface area contributed by atoms with Crippen LogP contribution < -0.4 is 16.8 Å². The fourth-order valence-corrected chi connectivity index (χ4v) is 0.990. The molecule has 4 nitrogen and oxygen atoms in total. The van der Waals surface area contributed by atoms with E-state index in [1.807, 2.05) is 6.92 Å². The third kappa shape index (κ3) is 4.67. The zero-order chi connectivity index (χ0) is 10.6. The first-order valence-corrected chi connectivity index (χ1v) is 4.49. The van der Waals surface area contributed by atoms with Crippen LogP contribution in [0.3, 0.4) is 0 Å². The third-order valence-corrected chi connectivity index (χ3v) is 1.76. The van der Waals surface area contributed by atoms with Crippen molar-refractivity contribution in [2.45, 2.75) is 13.0 Å². The molecule has 1 amide bonds. The van der Waals surface area contributed by atoms with Crippen LogP contribution in [-0.4, -0.2) is 18.5 Å². The van der Waals surface area contributed by atoms with E-state index < -0.39 is 0 Å². The summed E-state index contributed by atoms with van der Waals surface area (Å²) in [5.41, 5.74) is 12.2. The van der Waals surface area contributed by atoms with E-state index in [0.717, 1.165) is 0 Å². The molecule has 5 heteroatoms. The molecule has 1 rings (SSSR count). The standard InChI is InChI=1S/C10H15N3O.ClH/c1-7(11)6-13-10(14)8-2-4-9(12)5-3-8;/h2-5,7H,6,11-12H2,1H3,(H,13,14);1H. The number of rotatable bonds is 3. The number of benzene rings is 1. The van der Waals surface area contributed by atoms with Crippen LogP contribution in [0.5, 0.6) is 0 Å². The van der Waals surface area contributed by atoms with Gasteiger partial charge in [-0.3, -0.25) is 4.79 Å². The molecular formula is C10H16ClN3O. The topological polar surface area (TPSA) is 81.1 Å². The van der Waals surface area contributed by atoms with Crippen molar-refractivity contribution in [1.29, 1.82) is 0 Å². The molecule has 0 radical (unpaired) electrons. The number of hydrogen-bond donors (Lipinski definition) is 3. The van der Waals surface area contributed by atoms with Crippen molar-refractivity contribution in [2.24, 2.45) is 5.73 Å². The van der Waals surface area contributed by atoms with Gasteiger partial charge in [-0.25, -0.2) is 0 Å². The highest BCUT2D eigenvalue weighted by Crippen LogP contribution is 2.04. The maximum Gasteiger partial charge on any atom is 0.251 e. The molecule has 0 aliphatic carbocycles. The second kappa shape index (κ2) is 6.27. The second-order valence-electron chi connectivity index (χ2n) is 3.31. The van der Waals surface area contributed by atoms with Gasteiger partial charge in [-0.05, 0) is 31.2 Å². The van der Waals surface area contributed by atoms with Gasteiger partial charge < -0.3 is 16.8 Å². The minimum absolute atomic E-state index is 0. The Hall–Kier alpha value is -1.26. The summed E-state index contributed by atoms with van der Waals surface area (Å²) in [6, 6.07) is 6.73. The van der Waals surface area contributed by atoms with E-state index in [9.17, 15) is 4.79 Å². The van der Waals surface area contributed by atoms with Gasteiger partial charge in [0, 0.05) is 23.8 Å². The van der Waals surface area contributed by atoms with Crippen LogP contribution in [0.4, 0.5) is 5.69 Å². The maximum atomic E-state index is 11.5. The molecule has 1 aromatic carbocycles. The van der Waals surface area contributed by atoms with Crippen LogP contribution in [0.1, 0.15) is 17.3 Å². The Labute approximate surface area is 95.4 Å². The van der Waals surface area contributed by atoms with Crippen molar-refractivity contribution < 1.29 is 4.79 Å². The average molecular weight is 230 g/mol. The quantitative estimate of drug-likeness (QED) is 0.670. The van der Waals surface area contributed by atoms with Crippen LogP contribution in [0.15, 0.2) is 24.3 Å². The summed E-state index contributed by atoms with van der Waals surface area (Å²) in [6.07, 6.45) is 0. The first-order chi connectivity index (χ1) is 6.59. The maximum absolute atomic E-state index is 11.5. The summed E-state index contributed by atoms with van der Waals surface area (Å²) in [6.45, 7) is 2.31. The van der Waals surface area contributed by atoms with Crippen LogP contribution in [0.2, 0.25) is 0 Å². The van der Waals surface area contributed by atoms with Gasteiger partial charge >= 0.3 is 0 Å². The monoisotopic (exact) mass is 229 g/mol. The molecule has 1 unspecified atom stereocenters. The van der Waals surface area contributed by atoms with E-state index in [-0.39, 0.29) is 24.4 Å². The lowest BCUT2D eigenvalue weighted by molar-refractivity contribution is 0.0952. The molecule has 0 heterocycles. The highest BCUT2D eigenvalue weighted by molar-refractivity contribution is 5.94. The van der Waals surface area contributed by atoms with Crippen molar-refractivity contribution in [2.75, 3.05) is 12.3 Å². The average Bonchev–Trinajstić information content (AvgIpc) is 2.15. The minimum atomic E-state index is -0.123. The summed E-state index contributed by atoms with van der Waals surface area (Å²) in [5.74, 6) is -0.123. The molecule has 0 saturated heterocycles. The van der Waals surface area contributed by atoms with E-state index in [1.54, 1.807) is 24.3 Å². The Morgan fingerprint density at radius 1 is 1.40 bits per heavy atom. The Bertz CT molecular complexity index is 311. The predicted molar refractivity (Wildman–Crippen MR) is 64.1 cm³/mol. The van der Waals surface area contributed by atoms with E-state index in [0.29, 0.717) is 17.8 Å². The molecule has 1 aromatic rings. The van der Waals surface area contributed by atoms with Crippen LogP contribution >= 0.6 is 12.4 Å². The normalized spacial score (nSPS) is 11.3. The number of nitrogen functional groups attached to an aromatic ring is 1. The lowest BCUT2D eigenvalue weighted by atomic mass is 10.2. The summed E-state index contributed by atoms with van der Waals surface area (Å²) in [7, 11) is 0. The molecule has 0 spiro atoms. The number of carbonyl (C=O) groups is 1. The smallest absolute Gasteiger partial charge is 0.251 e. The van der Waals surface area contributed by atoms with Gasteiger partial charge in [0.15, 0.2) is 0 Å². The zero-order valence-electron chi connectivity index (χ0n) is 8.57. The number of amides is 1. The van der Waals surface area contributed by atoms with Gasteiger partial charge in [-0.2, -0.15) is 0 Å². The molecule has 15 heavy (non-hydrogen) atoms. The summed E-state index contributed by atoms with van der Waals surface area (Å²) in [5, 5.41) is 2.71. The lowest BCUT2D eigenvalue weighted by Gasteiger charge is -2.07. The number of anilines is 1. The van der Waals surface area contributed by atoms with E-state index in [1.165, 1.54) is 0 Å². The molecule has 5 N–H and O–H groups in total. The van der Waals surface area contributed by atoms with Crippen LogP contribution in [0.25, 0.3) is 0 Å². The largest absolute Gasteiger partial charge is 0.399 e. The molecule has 0 aliphatic rings. The SMILES string of the molecule is CC(N)CNC(=O)c1ccc(N)cc1.Cl. The van der Waals surface area contributed by atoms with Crippen LogP contribution in [-0.2, 0) is 0 Å². The number of nitrogens with two attached hydrogens (primary N) is 2. The van der Waals surface area contributed by atoms with Gasteiger partial charge in [0.1, 0.15) is 0 Å². The second-order valence-corrected chi connectivity index (χ2v) is 3.31. The van der Waals surface area contributed by atoms with Crippen LogP contribution in [0, 0.1) is 0 Å². The van der Waals surface area contributed by atoms with Gasteiger partial charge in [0.2, 0.25) is 0 Å². The zero-order valence-corrected chi connectivity index (χ0v) is 9.38. The molecule has 0 aromatic heterocycles. The van der Waals surface area contributed by atoms with Gasteiger partial charge in [0.05, 0.1) is 0 Å². The Morgan fingerprint density at radius 3 is 2.40 bits per heavy atom. The van der Waals surface area contributed by atoms with Crippen molar-refractivity contribution in [3.8, 4) is 0 Å². The van der Waals surface area contributed by atoms with Crippen molar-refractivity contribution in [3.63, 3.8) is 0 Å². The minimum Gasteiger partial charge on any atom is -0.399 e. The Kier molecular flexibility index (Phi) is 5.74. The molecular weight excluding hydrogens is 214 g/mol. The summed E-state index contributed by atoms with van der Waals surface area (Å²) >= 11 is 0. The molecule has 1 atom stereocenters. The number of halogens is 1. The molecule has 0 fully saturated rings. The third-order valence-electron chi connectivity index (χ3n) is 1.76. The van der Waals surface area contributed by atoms with E-state index >= 15 is 0 Å².